The molecule has 4 nitrogen and oxygen atoms in total. The van der Waals surface area contributed by atoms with Crippen molar-refractivity contribution in [3.63, 3.8) is 0 Å². The summed E-state index contributed by atoms with van der Waals surface area (Å²) in [6.07, 6.45) is 0. The second kappa shape index (κ2) is 6.37. The van der Waals surface area contributed by atoms with Gasteiger partial charge in [0.25, 0.3) is 0 Å². The number of nitriles is 1. The number of benzene rings is 2. The fourth-order valence-corrected chi connectivity index (χ4v) is 2.28. The van der Waals surface area contributed by atoms with Crippen LogP contribution >= 0.6 is 15.9 Å². The van der Waals surface area contributed by atoms with Crippen LogP contribution in [0.4, 0.5) is 10.1 Å². The number of nitrogens with zero attached hydrogens (tertiary/aromatic N) is 1. The molecule has 0 amide bonds. The standard InChI is InChI=1S/C15H10BrFN2O2/c16-12-5-9(7-18)1-4-14(12)19-8-11-6-10(15(20)21)2-3-13(11)17/h1-6,19H,8H2,(H,20,21). The Morgan fingerprint density at radius 2 is 2.10 bits per heavy atom. The van der Waals surface area contributed by atoms with Gasteiger partial charge in [0.2, 0.25) is 0 Å². The number of carboxylic acids is 1. The lowest BCUT2D eigenvalue weighted by molar-refractivity contribution is 0.0696. The molecule has 0 unspecified atom stereocenters. The van der Waals surface area contributed by atoms with Gasteiger partial charge in [-0.1, -0.05) is 0 Å². The number of hydrogen-bond donors (Lipinski definition) is 2. The largest absolute Gasteiger partial charge is 0.478 e. The van der Waals surface area contributed by atoms with Crippen molar-refractivity contribution in [2.45, 2.75) is 6.54 Å². The first-order valence-electron chi connectivity index (χ1n) is 5.96. The number of rotatable bonds is 4. The zero-order valence-corrected chi connectivity index (χ0v) is 12.3. The Bertz CT molecular complexity index is 741. The lowest BCUT2D eigenvalue weighted by Gasteiger charge is -2.10. The summed E-state index contributed by atoms with van der Waals surface area (Å²) >= 11 is 3.32. The van der Waals surface area contributed by atoms with E-state index in [9.17, 15) is 9.18 Å². The number of hydrogen-bond acceptors (Lipinski definition) is 3. The minimum Gasteiger partial charge on any atom is -0.478 e. The Morgan fingerprint density at radius 1 is 1.33 bits per heavy atom. The minimum atomic E-state index is -1.10. The van der Waals surface area contributed by atoms with Gasteiger partial charge in [-0.15, -0.1) is 0 Å². The van der Waals surface area contributed by atoms with E-state index in [1.165, 1.54) is 12.1 Å². The summed E-state index contributed by atoms with van der Waals surface area (Å²) < 4.78 is 14.3. The van der Waals surface area contributed by atoms with E-state index >= 15 is 0 Å². The van der Waals surface area contributed by atoms with Crippen molar-refractivity contribution in [3.05, 3.63) is 63.4 Å². The van der Waals surface area contributed by atoms with Gasteiger partial charge < -0.3 is 10.4 Å². The molecular weight excluding hydrogens is 339 g/mol. The SMILES string of the molecule is N#Cc1ccc(NCc2cc(C(=O)O)ccc2F)c(Br)c1. The normalized spacial score (nSPS) is 9.95. The molecule has 0 aliphatic carbocycles. The van der Waals surface area contributed by atoms with Crippen LogP contribution in [0.2, 0.25) is 0 Å². The first-order valence-corrected chi connectivity index (χ1v) is 6.76. The zero-order chi connectivity index (χ0) is 15.4. The predicted molar refractivity (Wildman–Crippen MR) is 79.5 cm³/mol. The second-order valence-corrected chi connectivity index (χ2v) is 5.13. The molecule has 0 saturated carbocycles. The van der Waals surface area contributed by atoms with Crippen molar-refractivity contribution < 1.29 is 14.3 Å². The van der Waals surface area contributed by atoms with Gasteiger partial charge in [0.05, 0.1) is 17.2 Å². The zero-order valence-electron chi connectivity index (χ0n) is 10.7. The van der Waals surface area contributed by atoms with Gasteiger partial charge >= 0.3 is 5.97 Å². The third-order valence-electron chi connectivity index (χ3n) is 2.86. The van der Waals surface area contributed by atoms with Gasteiger partial charge in [-0.3, -0.25) is 0 Å². The van der Waals surface area contributed by atoms with Crippen LogP contribution in [0.1, 0.15) is 21.5 Å². The molecule has 0 aliphatic rings. The van der Waals surface area contributed by atoms with Crippen molar-refractivity contribution in [2.75, 3.05) is 5.32 Å². The van der Waals surface area contributed by atoms with Crippen molar-refractivity contribution in [2.24, 2.45) is 0 Å². The maximum Gasteiger partial charge on any atom is 0.335 e. The molecule has 0 radical (unpaired) electrons. The van der Waals surface area contributed by atoms with Crippen LogP contribution in [-0.4, -0.2) is 11.1 Å². The quantitative estimate of drug-likeness (QED) is 0.881. The van der Waals surface area contributed by atoms with E-state index in [4.69, 9.17) is 10.4 Å². The molecule has 2 N–H and O–H groups in total. The van der Waals surface area contributed by atoms with Crippen molar-refractivity contribution in [3.8, 4) is 6.07 Å². The maximum absolute atomic E-state index is 13.7. The van der Waals surface area contributed by atoms with Crippen LogP contribution < -0.4 is 5.32 Å². The molecule has 6 heteroatoms. The molecular formula is C15H10BrFN2O2. The highest BCUT2D eigenvalue weighted by atomic mass is 79.9. The van der Waals surface area contributed by atoms with Crippen LogP contribution in [0.5, 0.6) is 0 Å². The Hall–Kier alpha value is -2.39. The Morgan fingerprint density at radius 3 is 2.71 bits per heavy atom. The average Bonchev–Trinajstić information content (AvgIpc) is 2.47. The molecule has 2 rings (SSSR count). The fourth-order valence-electron chi connectivity index (χ4n) is 1.76. The van der Waals surface area contributed by atoms with Crippen LogP contribution in [0.25, 0.3) is 0 Å². The molecule has 0 saturated heterocycles. The van der Waals surface area contributed by atoms with Crippen LogP contribution in [0, 0.1) is 17.1 Å². The molecule has 0 aliphatic heterocycles. The number of carbonyl (C=O) groups is 1. The van der Waals surface area contributed by atoms with E-state index in [2.05, 4.69) is 21.2 Å². The highest BCUT2D eigenvalue weighted by molar-refractivity contribution is 9.10. The second-order valence-electron chi connectivity index (χ2n) is 4.27. The van der Waals surface area contributed by atoms with E-state index in [0.717, 1.165) is 6.07 Å². The summed E-state index contributed by atoms with van der Waals surface area (Å²) in [5, 5.41) is 20.7. The summed E-state index contributed by atoms with van der Waals surface area (Å²) in [5.74, 6) is -1.58. The van der Waals surface area contributed by atoms with Gasteiger partial charge in [-0.05, 0) is 52.3 Å². The van der Waals surface area contributed by atoms with Crippen molar-refractivity contribution in [1.29, 1.82) is 5.26 Å². The average molecular weight is 349 g/mol. The van der Waals surface area contributed by atoms with Crippen molar-refractivity contribution >= 4 is 27.6 Å². The molecule has 0 atom stereocenters. The number of anilines is 1. The van der Waals surface area contributed by atoms with Gasteiger partial charge in [-0.2, -0.15) is 5.26 Å². The number of nitrogens with one attached hydrogen (secondary N) is 1. The Labute approximate surface area is 129 Å². The van der Waals surface area contributed by atoms with Crippen LogP contribution in [0.15, 0.2) is 40.9 Å². The molecule has 2 aromatic rings. The van der Waals surface area contributed by atoms with Gasteiger partial charge in [-0.25, -0.2) is 9.18 Å². The third-order valence-corrected chi connectivity index (χ3v) is 3.52. The van der Waals surface area contributed by atoms with E-state index in [1.807, 2.05) is 6.07 Å². The fraction of sp³-hybridized carbons (Fsp3) is 0.0667. The maximum atomic E-state index is 13.7. The molecule has 106 valence electrons. The van der Waals surface area contributed by atoms with Gasteiger partial charge in [0.15, 0.2) is 0 Å². The molecule has 0 fully saturated rings. The predicted octanol–water partition coefficient (Wildman–Crippen LogP) is 3.77. The highest BCUT2D eigenvalue weighted by Crippen LogP contribution is 2.24. The topological polar surface area (TPSA) is 73.1 Å². The first-order chi connectivity index (χ1) is 10.0. The summed E-state index contributed by atoms with van der Waals surface area (Å²) in [7, 11) is 0. The van der Waals surface area contributed by atoms with Crippen molar-refractivity contribution in [1.82, 2.24) is 0 Å². The van der Waals surface area contributed by atoms with Gasteiger partial charge in [0.1, 0.15) is 5.82 Å². The summed E-state index contributed by atoms with van der Waals surface area (Å²) in [6, 6.07) is 10.6. The smallest absolute Gasteiger partial charge is 0.335 e. The Kier molecular flexibility index (Phi) is 4.55. The molecule has 0 spiro atoms. The molecule has 2 aromatic carbocycles. The lowest BCUT2D eigenvalue weighted by Crippen LogP contribution is -2.05. The number of halogens is 2. The van der Waals surface area contributed by atoms with Gasteiger partial charge in [0, 0.05) is 22.3 Å². The minimum absolute atomic E-state index is 0.0343. The van der Waals surface area contributed by atoms with E-state index < -0.39 is 11.8 Å². The van der Waals surface area contributed by atoms with E-state index in [1.54, 1.807) is 18.2 Å². The van der Waals surface area contributed by atoms with Crippen LogP contribution in [0.3, 0.4) is 0 Å². The molecule has 0 heterocycles. The lowest BCUT2D eigenvalue weighted by atomic mass is 10.1. The van der Waals surface area contributed by atoms with Crippen LogP contribution in [-0.2, 0) is 6.54 Å². The van der Waals surface area contributed by atoms with E-state index in [-0.39, 0.29) is 17.7 Å². The summed E-state index contributed by atoms with van der Waals surface area (Å²) in [6.45, 7) is 0.136. The first kappa shape index (κ1) is 15.0. The number of aromatic carboxylic acids is 1. The third kappa shape index (κ3) is 3.58. The monoisotopic (exact) mass is 348 g/mol. The number of carboxylic acid groups (broad SMARTS) is 1. The highest BCUT2D eigenvalue weighted by Gasteiger charge is 2.09. The summed E-state index contributed by atoms with van der Waals surface area (Å²) in [4.78, 5) is 10.9. The molecule has 0 bridgehead atoms. The summed E-state index contributed by atoms with van der Waals surface area (Å²) in [5.41, 5.74) is 1.49. The molecule has 21 heavy (non-hydrogen) atoms. The Balaban J connectivity index is 2.18. The molecule has 0 aromatic heterocycles. The van der Waals surface area contributed by atoms with E-state index in [0.29, 0.717) is 15.7 Å².